The largest absolute Gasteiger partial charge is 0.385 e. The Morgan fingerprint density at radius 3 is 2.82 bits per heavy atom. The Balaban J connectivity index is 1.77. The van der Waals surface area contributed by atoms with E-state index in [0.717, 1.165) is 23.7 Å². The van der Waals surface area contributed by atoms with Gasteiger partial charge in [-0.05, 0) is 31.9 Å². The van der Waals surface area contributed by atoms with Crippen LogP contribution in [0.1, 0.15) is 54.6 Å². The number of amides is 1. The molecular weight excluding hydrogens is 360 g/mol. The van der Waals surface area contributed by atoms with Crippen molar-refractivity contribution in [2.24, 2.45) is 0 Å². The maximum atomic E-state index is 12.6. The van der Waals surface area contributed by atoms with Crippen LogP contribution in [-0.2, 0) is 10.3 Å². The van der Waals surface area contributed by atoms with E-state index in [2.05, 4.69) is 39.4 Å². The third-order valence-electron chi connectivity index (χ3n) is 5.01. The summed E-state index contributed by atoms with van der Waals surface area (Å²) in [7, 11) is 1.66. The zero-order valence-corrected chi connectivity index (χ0v) is 16.4. The third-order valence-corrected chi connectivity index (χ3v) is 5.01. The normalized spacial score (nSPS) is 13.4. The van der Waals surface area contributed by atoms with Gasteiger partial charge in [-0.1, -0.05) is 12.1 Å². The molecule has 0 fully saturated rings. The van der Waals surface area contributed by atoms with Gasteiger partial charge in [0.05, 0.1) is 29.1 Å². The molecule has 1 atom stereocenters. The minimum atomic E-state index is -0.398. The maximum Gasteiger partial charge on any atom is 0.278 e. The maximum absolute atomic E-state index is 12.6. The Labute approximate surface area is 162 Å². The Bertz CT molecular complexity index is 1010. The summed E-state index contributed by atoms with van der Waals surface area (Å²) in [5.41, 5.74) is 1.15. The van der Waals surface area contributed by atoms with Crippen LogP contribution in [0.3, 0.4) is 0 Å². The van der Waals surface area contributed by atoms with Crippen LogP contribution < -0.4 is 5.32 Å². The number of ketones is 1. The quantitative estimate of drug-likeness (QED) is 0.577. The fourth-order valence-corrected chi connectivity index (χ4v) is 2.88. The van der Waals surface area contributed by atoms with Gasteiger partial charge in [-0.3, -0.25) is 9.59 Å². The van der Waals surface area contributed by atoms with Crippen molar-refractivity contribution < 1.29 is 14.3 Å². The number of hydrogen-bond acceptors (Lipinski definition) is 6. The first kappa shape index (κ1) is 19.7. The van der Waals surface area contributed by atoms with E-state index in [1.165, 1.54) is 6.92 Å². The Morgan fingerprint density at radius 1 is 1.36 bits per heavy atom. The highest BCUT2D eigenvalue weighted by Gasteiger charge is 2.27. The van der Waals surface area contributed by atoms with Crippen molar-refractivity contribution in [3.8, 4) is 0 Å². The van der Waals surface area contributed by atoms with Crippen molar-refractivity contribution >= 4 is 28.4 Å². The summed E-state index contributed by atoms with van der Waals surface area (Å²) >= 11 is 0. The van der Waals surface area contributed by atoms with Crippen LogP contribution in [0.4, 0.5) is 5.82 Å². The van der Waals surface area contributed by atoms with E-state index in [-0.39, 0.29) is 17.0 Å². The molecule has 9 nitrogen and oxygen atoms in total. The fourth-order valence-electron chi connectivity index (χ4n) is 2.88. The molecular formula is C19H24N6O3. The van der Waals surface area contributed by atoms with E-state index in [1.807, 2.05) is 0 Å². The number of aromatic nitrogens is 5. The van der Waals surface area contributed by atoms with E-state index in [4.69, 9.17) is 4.74 Å². The van der Waals surface area contributed by atoms with E-state index in [0.29, 0.717) is 18.1 Å². The van der Waals surface area contributed by atoms with Gasteiger partial charge in [0, 0.05) is 26.0 Å². The second-order valence-corrected chi connectivity index (χ2v) is 6.99. The van der Waals surface area contributed by atoms with Crippen LogP contribution in [-0.4, -0.2) is 50.4 Å². The third kappa shape index (κ3) is 3.94. The summed E-state index contributed by atoms with van der Waals surface area (Å²) in [5.74, 6) is -0.0877. The van der Waals surface area contributed by atoms with Crippen molar-refractivity contribution in [3.63, 3.8) is 0 Å². The van der Waals surface area contributed by atoms with E-state index >= 15 is 0 Å². The SMILES string of the molecule is CCC(C)(CCOC)n1cc(C(=O)Nc2cc3cc(C(C)=O)[nH]c3cn2)nn1. The lowest BCUT2D eigenvalue weighted by atomic mass is 9.95. The van der Waals surface area contributed by atoms with Gasteiger partial charge in [-0.25, -0.2) is 9.67 Å². The van der Waals surface area contributed by atoms with E-state index < -0.39 is 5.91 Å². The number of anilines is 1. The zero-order chi connectivity index (χ0) is 20.3. The van der Waals surface area contributed by atoms with Crippen LogP contribution in [0.25, 0.3) is 10.9 Å². The van der Waals surface area contributed by atoms with Crippen LogP contribution >= 0.6 is 0 Å². The van der Waals surface area contributed by atoms with E-state index in [1.54, 1.807) is 36.3 Å². The molecule has 0 aliphatic carbocycles. The molecule has 2 N–H and O–H groups in total. The number of carbonyl (C=O) groups is 2. The zero-order valence-electron chi connectivity index (χ0n) is 16.4. The minimum Gasteiger partial charge on any atom is -0.385 e. The molecule has 0 spiro atoms. The first-order valence-corrected chi connectivity index (χ1v) is 9.09. The van der Waals surface area contributed by atoms with Gasteiger partial charge in [0.25, 0.3) is 5.91 Å². The predicted molar refractivity (Wildman–Crippen MR) is 105 cm³/mol. The number of rotatable bonds is 8. The van der Waals surface area contributed by atoms with Crippen molar-refractivity contribution in [1.82, 2.24) is 25.0 Å². The Hall–Kier alpha value is -3.07. The monoisotopic (exact) mass is 384 g/mol. The topological polar surface area (TPSA) is 115 Å². The molecule has 0 saturated carbocycles. The highest BCUT2D eigenvalue weighted by atomic mass is 16.5. The molecule has 9 heteroatoms. The minimum absolute atomic E-state index is 0.0640. The van der Waals surface area contributed by atoms with Gasteiger partial charge in [0.1, 0.15) is 5.82 Å². The number of pyridine rings is 1. The fraction of sp³-hybridized carbons (Fsp3) is 0.421. The molecule has 3 aromatic rings. The van der Waals surface area contributed by atoms with Gasteiger partial charge in [-0.2, -0.15) is 0 Å². The molecule has 3 aromatic heterocycles. The molecule has 28 heavy (non-hydrogen) atoms. The molecule has 148 valence electrons. The Morgan fingerprint density at radius 2 is 2.14 bits per heavy atom. The number of Topliss-reactive ketones (excluding diaryl/α,β-unsaturated/α-hetero) is 1. The smallest absolute Gasteiger partial charge is 0.278 e. The molecule has 0 aromatic carbocycles. The van der Waals surface area contributed by atoms with Crippen molar-refractivity contribution in [2.75, 3.05) is 19.0 Å². The highest BCUT2D eigenvalue weighted by molar-refractivity contribution is 6.03. The average molecular weight is 384 g/mol. The molecule has 0 aliphatic rings. The lowest BCUT2D eigenvalue weighted by Crippen LogP contribution is -2.31. The predicted octanol–water partition coefficient (Wildman–Crippen LogP) is 2.77. The number of carbonyl (C=O) groups excluding carboxylic acids is 2. The van der Waals surface area contributed by atoms with Crippen molar-refractivity contribution in [2.45, 2.75) is 39.2 Å². The van der Waals surface area contributed by atoms with Gasteiger partial charge >= 0.3 is 0 Å². The van der Waals surface area contributed by atoms with E-state index in [9.17, 15) is 9.59 Å². The first-order valence-electron chi connectivity index (χ1n) is 9.09. The second-order valence-electron chi connectivity index (χ2n) is 6.99. The molecule has 3 heterocycles. The molecule has 0 bridgehead atoms. The van der Waals surface area contributed by atoms with Crippen molar-refractivity contribution in [3.05, 3.63) is 35.9 Å². The van der Waals surface area contributed by atoms with Crippen LogP contribution in [0.2, 0.25) is 0 Å². The van der Waals surface area contributed by atoms with Crippen LogP contribution in [0.15, 0.2) is 24.5 Å². The number of methoxy groups -OCH3 is 1. The summed E-state index contributed by atoms with van der Waals surface area (Å²) < 4.78 is 6.88. The number of fused-ring (bicyclic) bond motifs is 1. The molecule has 1 unspecified atom stereocenters. The number of ether oxygens (including phenoxy) is 1. The average Bonchev–Trinajstić information content (AvgIpc) is 3.33. The lowest BCUT2D eigenvalue weighted by molar-refractivity contribution is 0.100. The summed E-state index contributed by atoms with van der Waals surface area (Å²) in [6, 6.07) is 3.43. The lowest BCUT2D eigenvalue weighted by Gasteiger charge is -2.27. The van der Waals surface area contributed by atoms with Crippen molar-refractivity contribution in [1.29, 1.82) is 0 Å². The Kier molecular flexibility index (Phi) is 5.55. The van der Waals surface area contributed by atoms with Gasteiger partial charge in [-0.15, -0.1) is 5.10 Å². The molecule has 0 saturated heterocycles. The molecule has 3 rings (SSSR count). The number of H-pyrrole nitrogens is 1. The number of aromatic amines is 1. The summed E-state index contributed by atoms with van der Waals surface area (Å²) in [6.45, 7) is 6.19. The van der Waals surface area contributed by atoms with Crippen LogP contribution in [0.5, 0.6) is 0 Å². The molecule has 1 amide bonds. The summed E-state index contributed by atoms with van der Waals surface area (Å²) in [4.78, 5) is 31.2. The number of hydrogen-bond donors (Lipinski definition) is 2. The molecule has 0 aliphatic heterocycles. The highest BCUT2D eigenvalue weighted by Crippen LogP contribution is 2.24. The second kappa shape index (κ2) is 7.89. The van der Waals surface area contributed by atoms with Crippen LogP contribution in [0, 0.1) is 0 Å². The van der Waals surface area contributed by atoms with Gasteiger partial charge < -0.3 is 15.0 Å². The summed E-state index contributed by atoms with van der Waals surface area (Å²) in [6.07, 6.45) is 4.80. The first-order chi connectivity index (χ1) is 13.4. The summed E-state index contributed by atoms with van der Waals surface area (Å²) in [5, 5.41) is 11.7. The van der Waals surface area contributed by atoms with Gasteiger partial charge in [0.15, 0.2) is 11.5 Å². The standard InChI is InChI=1S/C19H24N6O3/c1-5-19(3,6-7-28-4)25-11-16(23-24-25)18(27)22-17-9-13-8-14(12(2)26)21-15(13)10-20-17/h8-11,21H,5-7H2,1-4H3,(H,20,22,27). The number of nitrogens with zero attached hydrogens (tertiary/aromatic N) is 4. The molecule has 0 radical (unpaired) electrons. The number of nitrogens with one attached hydrogen (secondary N) is 2. The van der Waals surface area contributed by atoms with Gasteiger partial charge in [0.2, 0.25) is 0 Å².